The molecule has 4 aromatic rings. The van der Waals surface area contributed by atoms with E-state index in [2.05, 4.69) is 56.4 Å². The van der Waals surface area contributed by atoms with Gasteiger partial charge in [0, 0.05) is 5.39 Å². The summed E-state index contributed by atoms with van der Waals surface area (Å²) in [5, 5.41) is 6.33. The maximum absolute atomic E-state index is 12.8. The molecule has 1 atom stereocenters. The van der Waals surface area contributed by atoms with Crippen molar-refractivity contribution in [2.45, 2.75) is 33.2 Å². The first kappa shape index (κ1) is 17.3. The Kier molecular flexibility index (Phi) is 4.44. The second-order valence-corrected chi connectivity index (χ2v) is 7.09. The zero-order chi connectivity index (χ0) is 19.0. The second-order valence-electron chi connectivity index (χ2n) is 7.09. The summed E-state index contributed by atoms with van der Waals surface area (Å²) >= 11 is 0. The highest BCUT2D eigenvalue weighted by Gasteiger charge is 2.18. The van der Waals surface area contributed by atoms with E-state index in [9.17, 15) is 4.79 Å². The molecule has 0 fully saturated rings. The number of benzene rings is 3. The molecular formula is C24H23NO2. The van der Waals surface area contributed by atoms with Crippen LogP contribution in [0.15, 0.2) is 65.1 Å². The molecule has 1 amide bonds. The van der Waals surface area contributed by atoms with Gasteiger partial charge in [0.2, 0.25) is 0 Å². The van der Waals surface area contributed by atoms with E-state index in [1.54, 1.807) is 0 Å². The largest absolute Gasteiger partial charge is 0.451 e. The van der Waals surface area contributed by atoms with Crippen molar-refractivity contribution >= 4 is 27.6 Å². The van der Waals surface area contributed by atoms with Gasteiger partial charge < -0.3 is 9.73 Å². The molecule has 0 saturated carbocycles. The molecule has 1 aromatic heterocycles. The number of aryl methyl sites for hydroxylation is 2. The Labute approximate surface area is 159 Å². The fraction of sp³-hybridized carbons (Fsp3) is 0.208. The van der Waals surface area contributed by atoms with Crippen LogP contribution in [0.25, 0.3) is 21.7 Å². The summed E-state index contributed by atoms with van der Waals surface area (Å²) in [5.74, 6) is 0.170. The molecule has 0 unspecified atom stereocenters. The lowest BCUT2D eigenvalue weighted by Crippen LogP contribution is -2.27. The first-order valence-electron chi connectivity index (χ1n) is 9.36. The van der Waals surface area contributed by atoms with Crippen LogP contribution in [0.4, 0.5) is 0 Å². The molecule has 0 radical (unpaired) electrons. The minimum atomic E-state index is -0.180. The van der Waals surface area contributed by atoms with E-state index in [0.717, 1.165) is 33.7 Å². The molecule has 3 heteroatoms. The molecule has 1 N–H and O–H groups in total. The third-order valence-corrected chi connectivity index (χ3v) is 5.30. The third-order valence-electron chi connectivity index (χ3n) is 5.30. The average Bonchev–Trinajstić information content (AvgIpc) is 3.13. The molecule has 4 rings (SSSR count). The highest BCUT2D eigenvalue weighted by Crippen LogP contribution is 2.28. The number of furan rings is 1. The third kappa shape index (κ3) is 3.21. The van der Waals surface area contributed by atoms with Gasteiger partial charge in [0.15, 0.2) is 5.76 Å². The molecule has 0 aliphatic carbocycles. The van der Waals surface area contributed by atoms with Crippen molar-refractivity contribution in [3.63, 3.8) is 0 Å². The van der Waals surface area contributed by atoms with Crippen LogP contribution < -0.4 is 5.32 Å². The van der Waals surface area contributed by atoms with Gasteiger partial charge in [-0.25, -0.2) is 0 Å². The van der Waals surface area contributed by atoms with Gasteiger partial charge >= 0.3 is 0 Å². The van der Waals surface area contributed by atoms with Gasteiger partial charge in [-0.05, 0) is 59.9 Å². The Bertz CT molecular complexity index is 1140. The molecule has 27 heavy (non-hydrogen) atoms. The molecule has 3 nitrogen and oxygen atoms in total. The van der Waals surface area contributed by atoms with Crippen LogP contribution in [0.1, 0.15) is 46.6 Å². The van der Waals surface area contributed by atoms with Crippen molar-refractivity contribution in [3.8, 4) is 0 Å². The Hall–Kier alpha value is -3.07. The van der Waals surface area contributed by atoms with Crippen LogP contribution >= 0.6 is 0 Å². The van der Waals surface area contributed by atoms with Crippen molar-refractivity contribution in [1.29, 1.82) is 0 Å². The van der Waals surface area contributed by atoms with E-state index < -0.39 is 0 Å². The molecule has 3 aromatic carbocycles. The predicted molar refractivity (Wildman–Crippen MR) is 110 cm³/mol. The summed E-state index contributed by atoms with van der Waals surface area (Å²) in [6, 6.07) is 20.2. The summed E-state index contributed by atoms with van der Waals surface area (Å²) in [5.41, 5.74) is 4.34. The monoisotopic (exact) mass is 357 g/mol. The van der Waals surface area contributed by atoms with Gasteiger partial charge in [-0.15, -0.1) is 0 Å². The van der Waals surface area contributed by atoms with E-state index in [1.807, 2.05) is 30.3 Å². The SMILES string of the molecule is CC[C@@H](NC(=O)c1cc2c(ccc3ccccc32)o1)c1ccc(C)c(C)c1. The van der Waals surface area contributed by atoms with Crippen LogP contribution in [0, 0.1) is 13.8 Å². The summed E-state index contributed by atoms with van der Waals surface area (Å²) < 4.78 is 5.85. The van der Waals surface area contributed by atoms with Gasteiger partial charge in [-0.1, -0.05) is 55.5 Å². The summed E-state index contributed by atoms with van der Waals surface area (Å²) in [6.07, 6.45) is 0.817. The Morgan fingerprint density at radius 3 is 2.56 bits per heavy atom. The van der Waals surface area contributed by atoms with Crippen LogP contribution in [0.5, 0.6) is 0 Å². The number of hydrogen-bond donors (Lipinski definition) is 1. The molecule has 0 spiro atoms. The summed E-state index contributed by atoms with van der Waals surface area (Å²) in [4.78, 5) is 12.8. The number of carbonyl (C=O) groups excluding carboxylic acids is 1. The van der Waals surface area contributed by atoms with Crippen LogP contribution in [-0.4, -0.2) is 5.91 Å². The van der Waals surface area contributed by atoms with Crippen molar-refractivity contribution in [2.75, 3.05) is 0 Å². The smallest absolute Gasteiger partial charge is 0.287 e. The van der Waals surface area contributed by atoms with E-state index >= 15 is 0 Å². The maximum atomic E-state index is 12.8. The Morgan fingerprint density at radius 2 is 1.78 bits per heavy atom. The molecule has 0 aliphatic rings. The topological polar surface area (TPSA) is 42.2 Å². The normalized spacial score (nSPS) is 12.4. The minimum absolute atomic E-state index is 0.0400. The van der Waals surface area contributed by atoms with E-state index in [4.69, 9.17) is 4.42 Å². The molecule has 0 saturated heterocycles. The summed E-state index contributed by atoms with van der Waals surface area (Å²) in [6.45, 7) is 6.27. The Morgan fingerprint density at radius 1 is 0.963 bits per heavy atom. The van der Waals surface area contributed by atoms with Crippen LogP contribution in [0.2, 0.25) is 0 Å². The van der Waals surface area contributed by atoms with Crippen molar-refractivity contribution in [1.82, 2.24) is 5.32 Å². The van der Waals surface area contributed by atoms with E-state index in [0.29, 0.717) is 5.76 Å². The number of rotatable bonds is 4. The second kappa shape index (κ2) is 6.92. The van der Waals surface area contributed by atoms with Gasteiger partial charge in [-0.2, -0.15) is 0 Å². The molecule has 0 aliphatic heterocycles. The number of hydrogen-bond acceptors (Lipinski definition) is 2. The Balaban J connectivity index is 1.65. The highest BCUT2D eigenvalue weighted by molar-refractivity contribution is 6.08. The zero-order valence-corrected chi connectivity index (χ0v) is 15.9. The first-order chi connectivity index (χ1) is 13.1. The van der Waals surface area contributed by atoms with Gasteiger partial charge in [-0.3, -0.25) is 4.79 Å². The average molecular weight is 357 g/mol. The minimum Gasteiger partial charge on any atom is -0.451 e. The maximum Gasteiger partial charge on any atom is 0.287 e. The van der Waals surface area contributed by atoms with Gasteiger partial charge in [0.25, 0.3) is 5.91 Å². The molecule has 136 valence electrons. The lowest BCUT2D eigenvalue weighted by Gasteiger charge is -2.18. The predicted octanol–water partition coefficient (Wildman–Crippen LogP) is 6.08. The quantitative estimate of drug-likeness (QED) is 0.480. The zero-order valence-electron chi connectivity index (χ0n) is 15.9. The molecular weight excluding hydrogens is 334 g/mol. The van der Waals surface area contributed by atoms with Crippen molar-refractivity contribution in [2.24, 2.45) is 0 Å². The standard InChI is InChI=1S/C24H23NO2/c1-4-21(18-10-9-15(2)16(3)13-18)25-24(26)23-14-20-19-8-6-5-7-17(19)11-12-22(20)27-23/h5-14,21H,4H2,1-3H3,(H,25,26)/t21-/m1/s1. The number of amides is 1. The van der Waals surface area contributed by atoms with Crippen LogP contribution in [0.3, 0.4) is 0 Å². The lowest BCUT2D eigenvalue weighted by atomic mass is 9.99. The number of nitrogens with one attached hydrogen (secondary N) is 1. The number of carbonyl (C=O) groups is 1. The van der Waals surface area contributed by atoms with E-state index in [1.165, 1.54) is 11.1 Å². The summed E-state index contributed by atoms with van der Waals surface area (Å²) in [7, 11) is 0. The fourth-order valence-electron chi connectivity index (χ4n) is 3.54. The van der Waals surface area contributed by atoms with Gasteiger partial charge in [0.1, 0.15) is 5.58 Å². The fourth-order valence-corrected chi connectivity index (χ4v) is 3.54. The van der Waals surface area contributed by atoms with Crippen LogP contribution in [-0.2, 0) is 0 Å². The van der Waals surface area contributed by atoms with E-state index in [-0.39, 0.29) is 11.9 Å². The first-order valence-corrected chi connectivity index (χ1v) is 9.36. The van der Waals surface area contributed by atoms with Crippen molar-refractivity contribution in [3.05, 3.63) is 83.1 Å². The molecule has 0 bridgehead atoms. The van der Waals surface area contributed by atoms with Gasteiger partial charge in [0.05, 0.1) is 6.04 Å². The van der Waals surface area contributed by atoms with Crippen molar-refractivity contribution < 1.29 is 9.21 Å². The molecule has 1 heterocycles. The highest BCUT2D eigenvalue weighted by atomic mass is 16.3. The lowest BCUT2D eigenvalue weighted by molar-refractivity contribution is 0.0909. The number of fused-ring (bicyclic) bond motifs is 3.